The zero-order valence-corrected chi connectivity index (χ0v) is 21.0. The van der Waals surface area contributed by atoms with Gasteiger partial charge in [0.2, 0.25) is 0 Å². The molecule has 0 bridgehead atoms. The number of rotatable bonds is 6. The van der Waals surface area contributed by atoms with Crippen molar-refractivity contribution in [2.24, 2.45) is 5.73 Å². The summed E-state index contributed by atoms with van der Waals surface area (Å²) < 4.78 is 8.92. The van der Waals surface area contributed by atoms with Crippen LogP contribution >= 0.6 is 0 Å². The normalized spacial score (nSPS) is 18.2. The van der Waals surface area contributed by atoms with Crippen LogP contribution in [0.2, 0.25) is 0 Å². The lowest BCUT2D eigenvalue weighted by atomic mass is 10.1. The minimum atomic E-state index is -0.569. The van der Waals surface area contributed by atoms with Crippen molar-refractivity contribution >= 4 is 22.9 Å². The number of fused-ring (bicyclic) bond motifs is 1. The summed E-state index contributed by atoms with van der Waals surface area (Å²) in [6.45, 7) is 0.646. The van der Waals surface area contributed by atoms with Crippen LogP contribution in [0.15, 0.2) is 77.4 Å². The number of imidazole rings is 1. The van der Waals surface area contributed by atoms with Gasteiger partial charge in [-0.15, -0.1) is 0 Å². The number of amides is 1. The van der Waals surface area contributed by atoms with E-state index in [0.717, 1.165) is 12.8 Å². The Morgan fingerprint density at radius 2 is 1.82 bits per heavy atom. The standard InChI is InChI=1S/C28H26N8O3/c29-15-18(14-28(31)11-12-28)26(37)34-13-10-20(16-34)36-25-23(24(30)32-17-33-25)35(27(36)38)19-6-8-22(9-7-19)39-21-4-2-1-3-5-21/h1-9,14,17,20H,10-13,16,31H2,(H2,30,32,33). The minimum Gasteiger partial charge on any atom is -0.457 e. The number of likely N-dealkylation sites (tertiary alicyclic amines) is 1. The van der Waals surface area contributed by atoms with E-state index in [4.69, 9.17) is 16.2 Å². The summed E-state index contributed by atoms with van der Waals surface area (Å²) >= 11 is 0. The molecule has 1 saturated heterocycles. The second-order valence-electron chi connectivity index (χ2n) is 9.92. The highest BCUT2D eigenvalue weighted by Gasteiger charge is 2.39. The van der Waals surface area contributed by atoms with E-state index in [1.165, 1.54) is 10.9 Å². The quantitative estimate of drug-likeness (QED) is 0.289. The van der Waals surface area contributed by atoms with Gasteiger partial charge < -0.3 is 21.1 Å². The molecule has 0 radical (unpaired) electrons. The van der Waals surface area contributed by atoms with Gasteiger partial charge in [-0.1, -0.05) is 18.2 Å². The Labute approximate surface area is 223 Å². The molecule has 1 aliphatic heterocycles. The first kappa shape index (κ1) is 24.4. The Bertz CT molecular complexity index is 1700. The number of aromatic nitrogens is 4. The molecule has 4 N–H and O–H groups in total. The van der Waals surface area contributed by atoms with Crippen LogP contribution in [-0.4, -0.2) is 48.5 Å². The molecule has 4 aromatic rings. The van der Waals surface area contributed by atoms with Crippen LogP contribution in [0.4, 0.5) is 5.82 Å². The molecule has 3 heterocycles. The van der Waals surface area contributed by atoms with Crippen molar-refractivity contribution in [3.8, 4) is 23.3 Å². The number of carbonyl (C=O) groups excluding carboxylic acids is 1. The van der Waals surface area contributed by atoms with E-state index >= 15 is 0 Å². The van der Waals surface area contributed by atoms with Crippen LogP contribution < -0.4 is 21.9 Å². The Kier molecular flexibility index (Phi) is 5.89. The molecule has 1 aliphatic carbocycles. The second kappa shape index (κ2) is 9.41. The molecule has 0 spiro atoms. The Balaban J connectivity index is 1.32. The molecule has 39 heavy (non-hydrogen) atoms. The van der Waals surface area contributed by atoms with Gasteiger partial charge in [-0.25, -0.2) is 14.8 Å². The molecule has 1 amide bonds. The maximum atomic E-state index is 13.9. The van der Waals surface area contributed by atoms with Crippen molar-refractivity contribution in [1.82, 2.24) is 24.0 Å². The van der Waals surface area contributed by atoms with Crippen molar-refractivity contribution in [2.75, 3.05) is 18.8 Å². The largest absolute Gasteiger partial charge is 0.457 e. The summed E-state index contributed by atoms with van der Waals surface area (Å²) in [5.41, 5.74) is 12.8. The number of carbonyl (C=O) groups is 1. The van der Waals surface area contributed by atoms with Gasteiger partial charge in [-0.05, 0) is 61.7 Å². The molecule has 2 aliphatic rings. The molecule has 1 unspecified atom stereocenters. The fourth-order valence-corrected chi connectivity index (χ4v) is 4.95. The highest BCUT2D eigenvalue weighted by molar-refractivity contribution is 5.97. The number of hydrogen-bond acceptors (Lipinski definition) is 8. The summed E-state index contributed by atoms with van der Waals surface area (Å²) in [6.07, 6.45) is 4.91. The first-order chi connectivity index (χ1) is 18.9. The molecule has 11 nitrogen and oxygen atoms in total. The van der Waals surface area contributed by atoms with Crippen molar-refractivity contribution in [2.45, 2.75) is 30.8 Å². The van der Waals surface area contributed by atoms with E-state index < -0.39 is 5.54 Å². The number of para-hydroxylation sites is 1. The van der Waals surface area contributed by atoms with Gasteiger partial charge in [-0.2, -0.15) is 5.26 Å². The minimum absolute atomic E-state index is 0.0369. The average Bonchev–Trinajstić information content (AvgIpc) is 3.34. The third kappa shape index (κ3) is 4.51. The summed E-state index contributed by atoms with van der Waals surface area (Å²) in [6, 6.07) is 18.1. The first-order valence-corrected chi connectivity index (χ1v) is 12.6. The fourth-order valence-electron chi connectivity index (χ4n) is 4.95. The lowest BCUT2D eigenvalue weighted by molar-refractivity contribution is -0.125. The maximum Gasteiger partial charge on any atom is 0.335 e. The van der Waals surface area contributed by atoms with Gasteiger partial charge in [0, 0.05) is 18.6 Å². The first-order valence-electron chi connectivity index (χ1n) is 12.6. The van der Waals surface area contributed by atoms with Gasteiger partial charge in [0.25, 0.3) is 5.91 Å². The number of benzene rings is 2. The van der Waals surface area contributed by atoms with Crippen LogP contribution in [0.5, 0.6) is 11.5 Å². The smallest absolute Gasteiger partial charge is 0.335 e. The molecule has 1 atom stereocenters. The molecule has 2 fully saturated rings. The van der Waals surface area contributed by atoms with E-state index in [1.54, 1.807) is 39.8 Å². The van der Waals surface area contributed by atoms with Gasteiger partial charge in [0.15, 0.2) is 11.5 Å². The molecular formula is C28H26N8O3. The zero-order chi connectivity index (χ0) is 27.1. The van der Waals surface area contributed by atoms with Crippen molar-refractivity contribution < 1.29 is 9.53 Å². The topological polar surface area (TPSA) is 158 Å². The average molecular weight is 523 g/mol. The molecule has 1 saturated carbocycles. The van der Waals surface area contributed by atoms with E-state index in [1.807, 2.05) is 36.4 Å². The number of nitriles is 1. The SMILES string of the molecule is N#CC(=CC1(N)CC1)C(=O)N1CCC(n2c(=O)n(-c3ccc(Oc4ccccc4)cc3)c3c(N)ncnc32)C1. The number of nitrogens with two attached hydrogens (primary N) is 2. The Hall–Kier alpha value is -4.95. The third-order valence-corrected chi connectivity index (χ3v) is 7.18. The number of nitrogen functional groups attached to an aromatic ring is 1. The number of anilines is 1. The molecule has 196 valence electrons. The lowest BCUT2D eigenvalue weighted by Gasteiger charge is -2.17. The highest BCUT2D eigenvalue weighted by atomic mass is 16.5. The Morgan fingerprint density at radius 1 is 1.10 bits per heavy atom. The van der Waals surface area contributed by atoms with E-state index in [-0.39, 0.29) is 35.6 Å². The van der Waals surface area contributed by atoms with E-state index in [9.17, 15) is 14.9 Å². The lowest BCUT2D eigenvalue weighted by Crippen LogP contribution is -2.33. The van der Waals surface area contributed by atoms with Gasteiger partial charge in [-0.3, -0.25) is 13.9 Å². The summed E-state index contributed by atoms with van der Waals surface area (Å²) in [4.78, 5) is 37.0. The molecular weight excluding hydrogens is 496 g/mol. The van der Waals surface area contributed by atoms with Gasteiger partial charge >= 0.3 is 5.69 Å². The highest BCUT2D eigenvalue weighted by Crippen LogP contribution is 2.35. The van der Waals surface area contributed by atoms with Crippen molar-refractivity contribution in [3.05, 3.63) is 83.1 Å². The summed E-state index contributed by atoms with van der Waals surface area (Å²) in [5, 5.41) is 9.56. The van der Waals surface area contributed by atoms with Gasteiger partial charge in [0.05, 0.1) is 11.7 Å². The van der Waals surface area contributed by atoms with Crippen LogP contribution in [0.1, 0.15) is 25.3 Å². The van der Waals surface area contributed by atoms with Crippen LogP contribution in [0.25, 0.3) is 16.9 Å². The van der Waals surface area contributed by atoms with E-state index in [2.05, 4.69) is 9.97 Å². The molecule has 2 aromatic carbocycles. The van der Waals surface area contributed by atoms with E-state index in [0.29, 0.717) is 41.3 Å². The fraction of sp³-hybridized carbons (Fsp3) is 0.250. The molecule has 11 heteroatoms. The third-order valence-electron chi connectivity index (χ3n) is 7.18. The maximum absolute atomic E-state index is 13.9. The van der Waals surface area contributed by atoms with Crippen LogP contribution in [0.3, 0.4) is 0 Å². The number of nitrogens with zero attached hydrogens (tertiary/aromatic N) is 6. The summed E-state index contributed by atoms with van der Waals surface area (Å²) in [7, 11) is 0. The van der Waals surface area contributed by atoms with Crippen LogP contribution in [-0.2, 0) is 4.79 Å². The predicted octanol–water partition coefficient (Wildman–Crippen LogP) is 2.67. The Morgan fingerprint density at radius 3 is 2.51 bits per heavy atom. The zero-order valence-electron chi connectivity index (χ0n) is 21.0. The molecule has 2 aromatic heterocycles. The number of ether oxygens (including phenoxy) is 1. The van der Waals surface area contributed by atoms with Crippen molar-refractivity contribution in [3.63, 3.8) is 0 Å². The van der Waals surface area contributed by atoms with Gasteiger partial charge in [0.1, 0.15) is 35.0 Å². The van der Waals surface area contributed by atoms with Crippen molar-refractivity contribution in [1.29, 1.82) is 5.26 Å². The second-order valence-corrected chi connectivity index (χ2v) is 9.92. The van der Waals surface area contributed by atoms with Crippen LogP contribution in [0, 0.1) is 11.3 Å². The predicted molar refractivity (Wildman–Crippen MR) is 144 cm³/mol. The molecule has 6 rings (SSSR count). The monoisotopic (exact) mass is 522 g/mol. The summed E-state index contributed by atoms with van der Waals surface area (Å²) in [5.74, 6) is 1.10. The number of hydrogen-bond donors (Lipinski definition) is 2.